The minimum atomic E-state index is -0.330. The van der Waals surface area contributed by atoms with Crippen LogP contribution in [0.3, 0.4) is 0 Å². The third-order valence-corrected chi connectivity index (χ3v) is 6.90. The molecule has 140 valence electrons. The lowest BCUT2D eigenvalue weighted by atomic mass is 9.68. The predicted octanol–water partition coefficient (Wildman–Crippen LogP) is 1.64. The second-order valence-electron chi connectivity index (χ2n) is 8.18. The van der Waals surface area contributed by atoms with Crippen molar-refractivity contribution in [1.29, 1.82) is 0 Å². The molecule has 0 spiro atoms. The Labute approximate surface area is 147 Å². The SMILES string of the molecule is COC1CCC(OC)C2C(O)C(CN3CCCCC3C)C(C)NC12. The molecule has 1 saturated carbocycles. The highest BCUT2D eigenvalue weighted by atomic mass is 16.5. The Morgan fingerprint density at radius 1 is 1.04 bits per heavy atom. The first-order chi connectivity index (χ1) is 11.6. The molecular weight excluding hydrogens is 304 g/mol. The van der Waals surface area contributed by atoms with Crippen LogP contribution in [0, 0.1) is 11.8 Å². The first-order valence-corrected chi connectivity index (χ1v) is 9.80. The summed E-state index contributed by atoms with van der Waals surface area (Å²) in [6.45, 7) is 6.70. The lowest BCUT2D eigenvalue weighted by Crippen LogP contribution is -2.68. The number of rotatable bonds is 4. The third kappa shape index (κ3) is 3.51. The van der Waals surface area contributed by atoms with Gasteiger partial charge in [0.05, 0.1) is 18.3 Å². The maximum absolute atomic E-state index is 11.3. The van der Waals surface area contributed by atoms with Crippen molar-refractivity contribution >= 4 is 0 Å². The van der Waals surface area contributed by atoms with Crippen LogP contribution in [0.2, 0.25) is 0 Å². The van der Waals surface area contributed by atoms with E-state index in [4.69, 9.17) is 9.47 Å². The van der Waals surface area contributed by atoms with E-state index in [1.165, 1.54) is 25.8 Å². The molecule has 8 atom stereocenters. The molecule has 0 bridgehead atoms. The van der Waals surface area contributed by atoms with Gasteiger partial charge in [-0.3, -0.25) is 0 Å². The molecule has 3 rings (SSSR count). The topological polar surface area (TPSA) is 54.0 Å². The van der Waals surface area contributed by atoms with Gasteiger partial charge >= 0.3 is 0 Å². The molecule has 2 N–H and O–H groups in total. The number of ether oxygens (including phenoxy) is 2. The number of methoxy groups -OCH3 is 2. The van der Waals surface area contributed by atoms with Gasteiger partial charge in [0.15, 0.2) is 0 Å². The molecule has 0 radical (unpaired) electrons. The lowest BCUT2D eigenvalue weighted by Gasteiger charge is -2.53. The molecule has 0 aromatic carbocycles. The Kier molecular flexibility index (Phi) is 6.20. The molecule has 3 aliphatic rings. The minimum absolute atomic E-state index is 0.120. The van der Waals surface area contributed by atoms with Gasteiger partial charge in [0, 0.05) is 50.7 Å². The zero-order valence-electron chi connectivity index (χ0n) is 15.8. The molecule has 0 amide bonds. The summed E-state index contributed by atoms with van der Waals surface area (Å²) in [6, 6.07) is 1.12. The van der Waals surface area contributed by atoms with Crippen LogP contribution in [0.5, 0.6) is 0 Å². The summed E-state index contributed by atoms with van der Waals surface area (Å²) in [6.07, 6.45) is 5.84. The maximum atomic E-state index is 11.3. The summed E-state index contributed by atoms with van der Waals surface area (Å²) in [4.78, 5) is 2.58. The number of hydrogen-bond donors (Lipinski definition) is 2. The van der Waals surface area contributed by atoms with Gasteiger partial charge in [0.1, 0.15) is 0 Å². The third-order valence-electron chi connectivity index (χ3n) is 6.90. The molecule has 0 aromatic heterocycles. The largest absolute Gasteiger partial charge is 0.392 e. The van der Waals surface area contributed by atoms with Crippen molar-refractivity contribution in [1.82, 2.24) is 10.2 Å². The van der Waals surface area contributed by atoms with E-state index in [-0.39, 0.29) is 36.2 Å². The molecule has 0 aromatic rings. The van der Waals surface area contributed by atoms with Crippen molar-refractivity contribution in [2.75, 3.05) is 27.3 Å². The lowest BCUT2D eigenvalue weighted by molar-refractivity contribution is -0.141. The summed E-state index contributed by atoms with van der Waals surface area (Å²) in [7, 11) is 3.57. The molecule has 5 heteroatoms. The number of piperidine rings is 2. The Hall–Kier alpha value is -0.200. The number of nitrogens with one attached hydrogen (secondary N) is 1. The summed E-state index contributed by atoms with van der Waals surface area (Å²) in [5.74, 6) is 0.370. The van der Waals surface area contributed by atoms with Crippen molar-refractivity contribution in [3.8, 4) is 0 Å². The van der Waals surface area contributed by atoms with Crippen LogP contribution in [0.15, 0.2) is 0 Å². The Bertz CT molecular complexity index is 408. The van der Waals surface area contributed by atoms with E-state index < -0.39 is 0 Å². The standard InChI is InChI=1S/C19H36N2O3/c1-12-7-5-6-10-21(12)11-14-13(2)20-18-16(24-4)9-8-15(23-3)17(18)19(14)22/h12-20,22H,5-11H2,1-4H3. The number of likely N-dealkylation sites (tertiary alicyclic amines) is 1. The quantitative estimate of drug-likeness (QED) is 0.815. The van der Waals surface area contributed by atoms with E-state index in [2.05, 4.69) is 24.1 Å². The van der Waals surface area contributed by atoms with Gasteiger partial charge in [-0.15, -0.1) is 0 Å². The van der Waals surface area contributed by atoms with Crippen molar-refractivity contribution < 1.29 is 14.6 Å². The summed E-state index contributed by atoms with van der Waals surface area (Å²) in [5, 5.41) is 15.0. The Morgan fingerprint density at radius 3 is 2.42 bits per heavy atom. The molecule has 3 fully saturated rings. The molecule has 2 aliphatic heterocycles. The van der Waals surface area contributed by atoms with Gasteiger partial charge in [-0.05, 0) is 46.1 Å². The van der Waals surface area contributed by atoms with Gasteiger partial charge in [-0.25, -0.2) is 0 Å². The number of nitrogens with zero attached hydrogens (tertiary/aromatic N) is 1. The van der Waals surface area contributed by atoms with Gasteiger partial charge in [0.2, 0.25) is 0 Å². The van der Waals surface area contributed by atoms with Crippen LogP contribution >= 0.6 is 0 Å². The molecule has 5 nitrogen and oxygen atoms in total. The van der Waals surface area contributed by atoms with E-state index >= 15 is 0 Å². The van der Waals surface area contributed by atoms with E-state index in [1.807, 2.05) is 0 Å². The molecular formula is C19H36N2O3. The number of fused-ring (bicyclic) bond motifs is 1. The molecule has 2 heterocycles. The van der Waals surface area contributed by atoms with Crippen LogP contribution in [0.1, 0.15) is 46.0 Å². The minimum Gasteiger partial charge on any atom is -0.392 e. The van der Waals surface area contributed by atoms with Crippen molar-refractivity contribution in [2.45, 2.75) is 82.4 Å². The van der Waals surface area contributed by atoms with Crippen LogP contribution < -0.4 is 5.32 Å². The van der Waals surface area contributed by atoms with Gasteiger partial charge in [-0.2, -0.15) is 0 Å². The predicted molar refractivity (Wildman–Crippen MR) is 95.1 cm³/mol. The van der Waals surface area contributed by atoms with Crippen molar-refractivity contribution in [3.05, 3.63) is 0 Å². The van der Waals surface area contributed by atoms with Crippen LogP contribution in [0.25, 0.3) is 0 Å². The highest BCUT2D eigenvalue weighted by Gasteiger charge is 2.51. The average molecular weight is 341 g/mol. The smallest absolute Gasteiger partial charge is 0.0730 e. The van der Waals surface area contributed by atoms with Crippen LogP contribution in [-0.4, -0.2) is 73.8 Å². The van der Waals surface area contributed by atoms with Gasteiger partial charge in [-0.1, -0.05) is 6.42 Å². The van der Waals surface area contributed by atoms with E-state index in [0.29, 0.717) is 12.1 Å². The fraction of sp³-hybridized carbons (Fsp3) is 1.00. The molecule has 2 saturated heterocycles. The van der Waals surface area contributed by atoms with Gasteiger partial charge < -0.3 is 24.8 Å². The average Bonchev–Trinajstić information content (AvgIpc) is 2.59. The van der Waals surface area contributed by atoms with Crippen molar-refractivity contribution in [2.24, 2.45) is 11.8 Å². The monoisotopic (exact) mass is 340 g/mol. The second-order valence-corrected chi connectivity index (χ2v) is 8.18. The Balaban J connectivity index is 1.74. The van der Waals surface area contributed by atoms with E-state index in [0.717, 1.165) is 19.4 Å². The zero-order chi connectivity index (χ0) is 17.3. The van der Waals surface area contributed by atoms with E-state index in [9.17, 15) is 5.11 Å². The Morgan fingerprint density at radius 2 is 1.75 bits per heavy atom. The second kappa shape index (κ2) is 8.00. The zero-order valence-corrected chi connectivity index (χ0v) is 15.8. The van der Waals surface area contributed by atoms with Gasteiger partial charge in [0.25, 0.3) is 0 Å². The fourth-order valence-electron chi connectivity index (χ4n) is 5.34. The normalized spacial score (nSPS) is 47.4. The summed E-state index contributed by atoms with van der Waals surface area (Å²) in [5.41, 5.74) is 0. The van der Waals surface area contributed by atoms with Crippen molar-refractivity contribution in [3.63, 3.8) is 0 Å². The summed E-state index contributed by atoms with van der Waals surface area (Å²) >= 11 is 0. The number of aliphatic hydroxyl groups is 1. The first-order valence-electron chi connectivity index (χ1n) is 9.80. The van der Waals surface area contributed by atoms with Crippen LogP contribution in [-0.2, 0) is 9.47 Å². The maximum Gasteiger partial charge on any atom is 0.0730 e. The van der Waals surface area contributed by atoms with Crippen LogP contribution in [0.4, 0.5) is 0 Å². The molecule has 8 unspecified atom stereocenters. The number of aliphatic hydroxyl groups excluding tert-OH is 1. The highest BCUT2D eigenvalue weighted by molar-refractivity contribution is 5.05. The highest BCUT2D eigenvalue weighted by Crippen LogP contribution is 2.38. The fourth-order valence-corrected chi connectivity index (χ4v) is 5.34. The molecule has 1 aliphatic carbocycles. The van der Waals surface area contributed by atoms with E-state index in [1.54, 1.807) is 14.2 Å². The molecule has 24 heavy (non-hydrogen) atoms. The number of hydrogen-bond acceptors (Lipinski definition) is 5. The summed E-state index contributed by atoms with van der Waals surface area (Å²) < 4.78 is 11.5. The first kappa shape index (κ1) is 18.6.